The van der Waals surface area contributed by atoms with Crippen molar-refractivity contribution in [1.29, 1.82) is 0 Å². The smallest absolute Gasteiger partial charge is 0.119 e. The third kappa shape index (κ3) is 3.21. The molecule has 1 heterocycles. The molecular weight excluding hydrogens is 212 g/mol. The third-order valence-corrected chi connectivity index (χ3v) is 2.65. The Morgan fingerprint density at radius 2 is 1.94 bits per heavy atom. The Kier molecular flexibility index (Phi) is 3.60. The number of ether oxygens (including phenoxy) is 1. The van der Waals surface area contributed by atoms with Crippen LogP contribution in [0.1, 0.15) is 11.1 Å². The molecule has 2 N–H and O–H groups in total. The van der Waals surface area contributed by atoms with Crippen molar-refractivity contribution in [2.75, 3.05) is 12.3 Å². The van der Waals surface area contributed by atoms with Crippen LogP contribution in [0.3, 0.4) is 0 Å². The normalized spacial score (nSPS) is 10.2. The zero-order chi connectivity index (χ0) is 12.1. The quantitative estimate of drug-likeness (QED) is 0.818. The van der Waals surface area contributed by atoms with E-state index in [0.29, 0.717) is 6.61 Å². The lowest BCUT2D eigenvalue weighted by molar-refractivity contribution is 0.322. The molecule has 0 saturated carbocycles. The summed E-state index contributed by atoms with van der Waals surface area (Å²) in [5.41, 5.74) is 8.82. The van der Waals surface area contributed by atoms with Gasteiger partial charge in [-0.25, -0.2) is 0 Å². The Labute approximate surface area is 101 Å². The van der Waals surface area contributed by atoms with Gasteiger partial charge >= 0.3 is 0 Å². The van der Waals surface area contributed by atoms with Crippen molar-refractivity contribution in [3.05, 3.63) is 53.9 Å². The van der Waals surface area contributed by atoms with E-state index in [4.69, 9.17) is 10.5 Å². The molecule has 17 heavy (non-hydrogen) atoms. The Bertz CT molecular complexity index is 483. The minimum Gasteiger partial charge on any atom is -0.493 e. The topological polar surface area (TPSA) is 48.1 Å². The summed E-state index contributed by atoms with van der Waals surface area (Å²) in [7, 11) is 0. The summed E-state index contributed by atoms with van der Waals surface area (Å²) in [6.07, 6.45) is 4.47. The summed E-state index contributed by atoms with van der Waals surface area (Å²) >= 11 is 0. The Hall–Kier alpha value is -2.03. The van der Waals surface area contributed by atoms with Crippen molar-refractivity contribution in [2.24, 2.45) is 0 Å². The molecule has 0 spiro atoms. The average Bonchev–Trinajstić information content (AvgIpc) is 2.35. The van der Waals surface area contributed by atoms with Crippen LogP contribution in [0.15, 0.2) is 42.7 Å². The Morgan fingerprint density at radius 3 is 2.65 bits per heavy atom. The summed E-state index contributed by atoms with van der Waals surface area (Å²) < 4.78 is 5.67. The van der Waals surface area contributed by atoms with E-state index in [1.54, 1.807) is 12.4 Å². The van der Waals surface area contributed by atoms with Crippen molar-refractivity contribution < 1.29 is 4.74 Å². The largest absolute Gasteiger partial charge is 0.493 e. The monoisotopic (exact) mass is 228 g/mol. The average molecular weight is 228 g/mol. The lowest BCUT2D eigenvalue weighted by Crippen LogP contribution is -2.02. The maximum atomic E-state index is 5.75. The number of nitrogens with two attached hydrogens (primary N) is 1. The maximum absolute atomic E-state index is 5.75. The molecule has 2 rings (SSSR count). The van der Waals surface area contributed by atoms with Gasteiger partial charge in [0.25, 0.3) is 0 Å². The number of rotatable bonds is 4. The van der Waals surface area contributed by atoms with Gasteiger partial charge in [0.2, 0.25) is 0 Å². The highest BCUT2D eigenvalue weighted by atomic mass is 16.5. The van der Waals surface area contributed by atoms with Crippen molar-refractivity contribution in [2.45, 2.75) is 13.3 Å². The molecule has 0 saturated heterocycles. The summed E-state index contributed by atoms with van der Waals surface area (Å²) in [6.45, 7) is 2.64. The van der Waals surface area contributed by atoms with Gasteiger partial charge in [0.15, 0.2) is 0 Å². The molecule has 0 unspecified atom stereocenters. The first-order chi connectivity index (χ1) is 8.25. The van der Waals surface area contributed by atoms with Crippen molar-refractivity contribution >= 4 is 5.69 Å². The zero-order valence-electron chi connectivity index (χ0n) is 9.89. The fourth-order valence-corrected chi connectivity index (χ4v) is 1.57. The molecule has 2 aromatic rings. The number of aryl methyl sites for hydroxylation is 1. The van der Waals surface area contributed by atoms with E-state index in [-0.39, 0.29) is 0 Å². The molecule has 0 fully saturated rings. The van der Waals surface area contributed by atoms with Gasteiger partial charge in [-0.15, -0.1) is 0 Å². The van der Waals surface area contributed by atoms with Crippen molar-refractivity contribution in [1.82, 2.24) is 4.98 Å². The van der Waals surface area contributed by atoms with Crippen LogP contribution in [0.5, 0.6) is 5.75 Å². The molecule has 1 aromatic carbocycles. The highest BCUT2D eigenvalue weighted by Crippen LogP contribution is 2.18. The van der Waals surface area contributed by atoms with Gasteiger partial charge in [0, 0.05) is 24.5 Å². The molecule has 3 heteroatoms. The number of benzene rings is 1. The lowest BCUT2D eigenvalue weighted by Gasteiger charge is -2.08. The van der Waals surface area contributed by atoms with E-state index in [9.17, 15) is 0 Å². The number of pyridine rings is 1. The van der Waals surface area contributed by atoms with Crippen LogP contribution in [0, 0.1) is 6.92 Å². The molecule has 0 aliphatic rings. The predicted octanol–water partition coefficient (Wildman–Crippen LogP) is 2.59. The Morgan fingerprint density at radius 1 is 1.18 bits per heavy atom. The highest BCUT2D eigenvalue weighted by Gasteiger charge is 1.98. The summed E-state index contributed by atoms with van der Waals surface area (Å²) in [6, 6.07) is 9.73. The number of hydrogen-bond donors (Lipinski definition) is 1. The first kappa shape index (κ1) is 11.5. The van der Waals surface area contributed by atoms with Gasteiger partial charge in [0.1, 0.15) is 5.75 Å². The van der Waals surface area contributed by atoms with Crippen LogP contribution in [-0.2, 0) is 6.42 Å². The SMILES string of the molecule is Cc1cc(OCCc2ccncc2)ccc1N. The second kappa shape index (κ2) is 5.34. The minimum atomic E-state index is 0.660. The molecule has 0 aliphatic heterocycles. The van der Waals surface area contributed by atoms with Gasteiger partial charge < -0.3 is 10.5 Å². The summed E-state index contributed by atoms with van der Waals surface area (Å²) in [5, 5.41) is 0. The lowest BCUT2D eigenvalue weighted by atomic mass is 10.2. The molecule has 0 bridgehead atoms. The predicted molar refractivity (Wildman–Crippen MR) is 69.0 cm³/mol. The molecular formula is C14H16N2O. The first-order valence-electron chi connectivity index (χ1n) is 5.63. The van der Waals surface area contributed by atoms with Crippen LogP contribution in [-0.4, -0.2) is 11.6 Å². The second-order valence-electron chi connectivity index (χ2n) is 3.97. The van der Waals surface area contributed by atoms with Crippen molar-refractivity contribution in [3.63, 3.8) is 0 Å². The van der Waals surface area contributed by atoms with E-state index in [0.717, 1.165) is 23.4 Å². The van der Waals surface area contributed by atoms with Gasteiger partial charge in [-0.2, -0.15) is 0 Å². The summed E-state index contributed by atoms with van der Waals surface area (Å²) in [4.78, 5) is 3.98. The van der Waals surface area contributed by atoms with E-state index in [1.807, 2.05) is 37.3 Å². The van der Waals surface area contributed by atoms with Crippen LogP contribution < -0.4 is 10.5 Å². The third-order valence-electron chi connectivity index (χ3n) is 2.65. The van der Waals surface area contributed by atoms with Crippen LogP contribution in [0.2, 0.25) is 0 Å². The highest BCUT2D eigenvalue weighted by molar-refractivity contribution is 5.49. The second-order valence-corrected chi connectivity index (χ2v) is 3.97. The number of anilines is 1. The minimum absolute atomic E-state index is 0.660. The van der Waals surface area contributed by atoms with Gasteiger partial charge in [-0.1, -0.05) is 0 Å². The van der Waals surface area contributed by atoms with Crippen LogP contribution in [0.25, 0.3) is 0 Å². The molecule has 0 atom stereocenters. The number of hydrogen-bond acceptors (Lipinski definition) is 3. The van der Waals surface area contributed by atoms with E-state index in [1.165, 1.54) is 5.56 Å². The first-order valence-corrected chi connectivity index (χ1v) is 5.63. The van der Waals surface area contributed by atoms with E-state index >= 15 is 0 Å². The van der Waals surface area contributed by atoms with Gasteiger partial charge in [-0.3, -0.25) is 4.98 Å². The molecule has 1 aromatic heterocycles. The number of nitrogens with zero attached hydrogens (tertiary/aromatic N) is 1. The van der Waals surface area contributed by atoms with Crippen molar-refractivity contribution in [3.8, 4) is 5.75 Å². The molecule has 0 aliphatic carbocycles. The fraction of sp³-hybridized carbons (Fsp3) is 0.214. The van der Waals surface area contributed by atoms with Crippen LogP contribution >= 0.6 is 0 Å². The Balaban J connectivity index is 1.88. The summed E-state index contributed by atoms with van der Waals surface area (Å²) in [5.74, 6) is 0.866. The zero-order valence-corrected chi connectivity index (χ0v) is 9.89. The molecule has 3 nitrogen and oxygen atoms in total. The van der Waals surface area contributed by atoms with E-state index in [2.05, 4.69) is 4.98 Å². The molecule has 0 amide bonds. The van der Waals surface area contributed by atoms with Gasteiger partial charge in [-0.05, 0) is 48.4 Å². The standard InChI is InChI=1S/C14H16N2O/c1-11-10-13(2-3-14(11)15)17-9-6-12-4-7-16-8-5-12/h2-5,7-8,10H,6,9,15H2,1H3. The number of nitrogen functional groups attached to an aromatic ring is 1. The fourth-order valence-electron chi connectivity index (χ4n) is 1.57. The number of aromatic nitrogens is 1. The van der Waals surface area contributed by atoms with E-state index < -0.39 is 0 Å². The molecule has 0 radical (unpaired) electrons. The van der Waals surface area contributed by atoms with Crippen LogP contribution in [0.4, 0.5) is 5.69 Å². The van der Waals surface area contributed by atoms with Gasteiger partial charge in [0.05, 0.1) is 6.61 Å². The maximum Gasteiger partial charge on any atom is 0.119 e. The molecule has 88 valence electrons.